The van der Waals surface area contributed by atoms with Crippen LogP contribution in [0.1, 0.15) is 36.0 Å². The molecule has 0 atom stereocenters. The van der Waals surface area contributed by atoms with Crippen LogP contribution in [0.4, 0.5) is 0 Å². The van der Waals surface area contributed by atoms with Gasteiger partial charge in [0.2, 0.25) is 0 Å². The maximum atomic E-state index is 12.2. The zero-order valence-corrected chi connectivity index (χ0v) is 13.6. The first-order chi connectivity index (χ1) is 9.06. The fourth-order valence-corrected chi connectivity index (χ4v) is 3.48. The number of hydrogen-bond acceptors (Lipinski definition) is 1. The van der Waals surface area contributed by atoms with Crippen LogP contribution in [0.15, 0.2) is 22.7 Å². The minimum atomic E-state index is -0.106. The van der Waals surface area contributed by atoms with Gasteiger partial charge in [-0.25, -0.2) is 0 Å². The van der Waals surface area contributed by atoms with Crippen molar-refractivity contribution >= 4 is 45.0 Å². The van der Waals surface area contributed by atoms with Gasteiger partial charge in [0.1, 0.15) is 0 Å². The second-order valence-electron chi connectivity index (χ2n) is 5.15. The van der Waals surface area contributed by atoms with Crippen molar-refractivity contribution in [2.75, 3.05) is 12.4 Å². The van der Waals surface area contributed by atoms with Gasteiger partial charge in [0.05, 0.1) is 5.56 Å². The number of benzene rings is 1. The summed E-state index contributed by atoms with van der Waals surface area (Å²) in [5.74, 6) is 0.495. The van der Waals surface area contributed by atoms with Crippen LogP contribution in [0, 0.1) is 5.41 Å². The second-order valence-corrected chi connectivity index (χ2v) is 6.71. The molecule has 19 heavy (non-hydrogen) atoms. The average Bonchev–Trinajstić information content (AvgIpc) is 2.88. The Bertz CT molecular complexity index is 473. The molecule has 0 saturated heterocycles. The standard InChI is InChI=1S/C14H16BrCl2NO/c15-12-4-3-10(17)7-11(12)13(19)18-9-14(8-16)5-1-2-6-14/h3-4,7H,1-2,5-6,8-9H2,(H,18,19). The summed E-state index contributed by atoms with van der Waals surface area (Å²) in [7, 11) is 0. The van der Waals surface area contributed by atoms with Gasteiger partial charge in [0.25, 0.3) is 5.91 Å². The van der Waals surface area contributed by atoms with Crippen LogP contribution >= 0.6 is 39.1 Å². The Morgan fingerprint density at radius 2 is 2.05 bits per heavy atom. The van der Waals surface area contributed by atoms with Gasteiger partial charge in [-0.2, -0.15) is 0 Å². The summed E-state index contributed by atoms with van der Waals surface area (Å²) in [5, 5.41) is 3.55. The van der Waals surface area contributed by atoms with Crippen LogP contribution in [0.25, 0.3) is 0 Å². The Morgan fingerprint density at radius 1 is 1.37 bits per heavy atom. The lowest BCUT2D eigenvalue weighted by Gasteiger charge is -2.26. The van der Waals surface area contributed by atoms with E-state index < -0.39 is 0 Å². The molecule has 5 heteroatoms. The summed E-state index contributed by atoms with van der Waals surface area (Å²) in [5.41, 5.74) is 0.637. The van der Waals surface area contributed by atoms with Crippen LogP contribution in [0.5, 0.6) is 0 Å². The fraction of sp³-hybridized carbons (Fsp3) is 0.500. The van der Waals surface area contributed by atoms with Gasteiger partial charge in [0.15, 0.2) is 0 Å². The van der Waals surface area contributed by atoms with Crippen LogP contribution < -0.4 is 5.32 Å². The maximum absolute atomic E-state index is 12.2. The molecule has 1 fully saturated rings. The lowest BCUT2D eigenvalue weighted by molar-refractivity contribution is 0.0934. The molecule has 1 aliphatic rings. The van der Waals surface area contributed by atoms with Crippen LogP contribution in [0.2, 0.25) is 5.02 Å². The molecule has 1 aliphatic carbocycles. The fourth-order valence-electron chi connectivity index (χ4n) is 2.52. The minimum Gasteiger partial charge on any atom is -0.351 e. The van der Waals surface area contributed by atoms with E-state index in [4.69, 9.17) is 23.2 Å². The molecule has 1 saturated carbocycles. The third-order valence-electron chi connectivity index (χ3n) is 3.74. The Kier molecular flexibility index (Phi) is 5.15. The van der Waals surface area contributed by atoms with Crippen molar-refractivity contribution in [2.24, 2.45) is 5.41 Å². The number of nitrogens with one attached hydrogen (secondary N) is 1. The van der Waals surface area contributed by atoms with E-state index in [-0.39, 0.29) is 11.3 Å². The maximum Gasteiger partial charge on any atom is 0.252 e. The lowest BCUT2D eigenvalue weighted by atomic mass is 9.88. The van der Waals surface area contributed by atoms with Gasteiger partial charge in [-0.05, 0) is 47.0 Å². The first-order valence-electron chi connectivity index (χ1n) is 6.36. The van der Waals surface area contributed by atoms with E-state index in [2.05, 4.69) is 21.2 Å². The van der Waals surface area contributed by atoms with E-state index in [0.29, 0.717) is 23.0 Å². The van der Waals surface area contributed by atoms with Crippen molar-refractivity contribution < 1.29 is 4.79 Å². The highest BCUT2D eigenvalue weighted by molar-refractivity contribution is 9.10. The smallest absolute Gasteiger partial charge is 0.252 e. The number of halogens is 3. The topological polar surface area (TPSA) is 29.1 Å². The monoisotopic (exact) mass is 363 g/mol. The van der Waals surface area contributed by atoms with Gasteiger partial charge in [-0.15, -0.1) is 11.6 Å². The summed E-state index contributed by atoms with van der Waals surface area (Å²) in [6.45, 7) is 0.633. The summed E-state index contributed by atoms with van der Waals surface area (Å²) in [6, 6.07) is 5.20. The van der Waals surface area contributed by atoms with Gasteiger partial charge >= 0.3 is 0 Å². The Labute approximate surface area is 132 Å². The van der Waals surface area contributed by atoms with Crippen LogP contribution in [-0.2, 0) is 0 Å². The predicted octanol–water partition coefficient (Wildman–Crippen LogP) is 4.63. The average molecular weight is 365 g/mol. The van der Waals surface area contributed by atoms with Gasteiger partial charge in [-0.3, -0.25) is 4.79 Å². The quantitative estimate of drug-likeness (QED) is 0.775. The molecular formula is C14H16BrCl2NO. The Balaban J connectivity index is 2.03. The van der Waals surface area contributed by atoms with Gasteiger partial charge in [0, 0.05) is 27.3 Å². The second kappa shape index (κ2) is 6.47. The van der Waals surface area contributed by atoms with Crippen molar-refractivity contribution in [1.29, 1.82) is 0 Å². The van der Waals surface area contributed by atoms with E-state index in [0.717, 1.165) is 17.3 Å². The zero-order chi connectivity index (χ0) is 13.9. The molecule has 1 amide bonds. The molecule has 1 N–H and O–H groups in total. The van der Waals surface area contributed by atoms with Crippen molar-refractivity contribution in [1.82, 2.24) is 5.32 Å². The lowest BCUT2D eigenvalue weighted by Crippen LogP contribution is -2.37. The molecule has 0 unspecified atom stereocenters. The van der Waals surface area contributed by atoms with E-state index in [1.807, 2.05) is 0 Å². The molecule has 0 spiro atoms. The highest BCUT2D eigenvalue weighted by atomic mass is 79.9. The molecule has 104 valence electrons. The first kappa shape index (κ1) is 15.1. The SMILES string of the molecule is O=C(NCC1(CCl)CCCC1)c1cc(Cl)ccc1Br. The van der Waals surface area contributed by atoms with E-state index >= 15 is 0 Å². The van der Waals surface area contributed by atoms with Crippen molar-refractivity contribution in [3.05, 3.63) is 33.3 Å². The Morgan fingerprint density at radius 3 is 2.68 bits per heavy atom. The third kappa shape index (κ3) is 3.65. The van der Waals surface area contributed by atoms with Gasteiger partial charge < -0.3 is 5.32 Å². The number of amides is 1. The zero-order valence-electron chi connectivity index (χ0n) is 10.5. The van der Waals surface area contributed by atoms with Crippen molar-refractivity contribution in [3.63, 3.8) is 0 Å². The minimum absolute atomic E-state index is 0.0717. The van der Waals surface area contributed by atoms with Gasteiger partial charge in [-0.1, -0.05) is 24.4 Å². The third-order valence-corrected chi connectivity index (χ3v) is 5.24. The highest BCUT2D eigenvalue weighted by Gasteiger charge is 2.33. The molecular weight excluding hydrogens is 349 g/mol. The number of carbonyl (C=O) groups is 1. The Hall–Kier alpha value is -0.250. The number of carbonyl (C=O) groups excluding carboxylic acids is 1. The highest BCUT2D eigenvalue weighted by Crippen LogP contribution is 2.38. The van der Waals surface area contributed by atoms with Crippen LogP contribution in [0.3, 0.4) is 0 Å². The predicted molar refractivity (Wildman–Crippen MR) is 83.1 cm³/mol. The van der Waals surface area contributed by atoms with E-state index in [1.54, 1.807) is 18.2 Å². The van der Waals surface area contributed by atoms with Crippen molar-refractivity contribution in [2.45, 2.75) is 25.7 Å². The first-order valence-corrected chi connectivity index (χ1v) is 8.06. The molecule has 1 aromatic carbocycles. The normalized spacial score (nSPS) is 17.4. The van der Waals surface area contributed by atoms with E-state index in [1.165, 1.54) is 12.8 Å². The summed E-state index contributed by atoms with van der Waals surface area (Å²) in [6.07, 6.45) is 4.58. The molecule has 0 aliphatic heterocycles. The summed E-state index contributed by atoms with van der Waals surface area (Å²) in [4.78, 5) is 12.2. The number of rotatable bonds is 4. The number of hydrogen-bond donors (Lipinski definition) is 1. The number of alkyl halides is 1. The molecule has 0 radical (unpaired) electrons. The molecule has 2 rings (SSSR count). The molecule has 1 aromatic rings. The molecule has 0 heterocycles. The van der Waals surface area contributed by atoms with E-state index in [9.17, 15) is 4.79 Å². The van der Waals surface area contributed by atoms with Crippen molar-refractivity contribution in [3.8, 4) is 0 Å². The molecule has 2 nitrogen and oxygen atoms in total. The summed E-state index contributed by atoms with van der Waals surface area (Å²) < 4.78 is 0.751. The largest absolute Gasteiger partial charge is 0.351 e. The van der Waals surface area contributed by atoms with Crippen LogP contribution in [-0.4, -0.2) is 18.3 Å². The summed E-state index contributed by atoms with van der Waals surface area (Å²) >= 11 is 15.4. The molecule has 0 aromatic heterocycles. The molecule has 0 bridgehead atoms.